The number of hydrogen-bond donors (Lipinski definition) is 2. The molecule has 4 bridgehead atoms. The third kappa shape index (κ3) is 2.83. The number of nitrogens with one attached hydrogen (secondary N) is 1. The van der Waals surface area contributed by atoms with E-state index in [9.17, 15) is 4.79 Å². The molecule has 0 amide bonds. The molecule has 4 saturated carbocycles. The highest BCUT2D eigenvalue weighted by Crippen LogP contribution is 2.60. The minimum Gasteiger partial charge on any atom is -0.482 e. The summed E-state index contributed by atoms with van der Waals surface area (Å²) in [5.74, 6) is 7.88. The van der Waals surface area contributed by atoms with Gasteiger partial charge in [-0.2, -0.15) is 0 Å². The summed E-state index contributed by atoms with van der Waals surface area (Å²) >= 11 is 0. The molecule has 0 heterocycles. The molecule has 1 aromatic rings. The summed E-state index contributed by atoms with van der Waals surface area (Å²) in [6, 6.07) is 8.32. The van der Waals surface area contributed by atoms with Crippen LogP contribution in [0.2, 0.25) is 0 Å². The van der Waals surface area contributed by atoms with Crippen molar-refractivity contribution in [2.45, 2.75) is 43.9 Å². The van der Waals surface area contributed by atoms with Gasteiger partial charge in [-0.05, 0) is 79.4 Å². The maximum absolute atomic E-state index is 11.2. The lowest BCUT2D eigenvalue weighted by Gasteiger charge is -2.57. The summed E-state index contributed by atoms with van der Waals surface area (Å²) in [7, 11) is 0. The number of benzene rings is 1. The van der Waals surface area contributed by atoms with Crippen molar-refractivity contribution in [2.24, 2.45) is 23.6 Å². The molecule has 4 aliphatic carbocycles. The fourth-order valence-electron chi connectivity index (χ4n) is 5.61. The second kappa shape index (κ2) is 5.80. The molecule has 3 N–H and O–H groups in total. The van der Waals surface area contributed by atoms with Crippen LogP contribution in [0.1, 0.15) is 44.1 Å². The maximum atomic E-state index is 11.2. The number of carbonyl (C=O) groups excluding carboxylic acids is 1. The van der Waals surface area contributed by atoms with Crippen molar-refractivity contribution < 1.29 is 14.4 Å². The third-order valence-electron chi connectivity index (χ3n) is 6.03. The van der Waals surface area contributed by atoms with E-state index in [2.05, 4.69) is 17.0 Å². The molecule has 0 atom stereocenters. The number of hydrazine groups is 1. The standard InChI is InChI=1S/C18H24N2O3/c19-20-23-17(21)11-22-16-3-1-15(2-4-16)18-8-12-5-13(9-18)7-14(6-12)10-18/h1-4,12-14,20H,5-11,19H2. The van der Waals surface area contributed by atoms with E-state index in [-0.39, 0.29) is 6.61 Å². The molecular formula is C18H24N2O3. The van der Waals surface area contributed by atoms with E-state index in [0.29, 0.717) is 11.2 Å². The second-order valence-electron chi connectivity index (χ2n) is 7.60. The van der Waals surface area contributed by atoms with Crippen LogP contribution in [0, 0.1) is 17.8 Å². The van der Waals surface area contributed by atoms with Gasteiger partial charge in [0, 0.05) is 0 Å². The number of nitrogens with two attached hydrogens (primary N) is 1. The van der Waals surface area contributed by atoms with E-state index in [4.69, 9.17) is 10.6 Å². The van der Waals surface area contributed by atoms with Crippen LogP contribution in [-0.4, -0.2) is 12.6 Å². The highest BCUT2D eigenvalue weighted by molar-refractivity contribution is 5.70. The van der Waals surface area contributed by atoms with Crippen molar-refractivity contribution in [3.63, 3.8) is 0 Å². The van der Waals surface area contributed by atoms with Crippen LogP contribution >= 0.6 is 0 Å². The first-order valence-corrected chi connectivity index (χ1v) is 8.55. The summed E-state index contributed by atoms with van der Waals surface area (Å²) in [5.41, 5.74) is 3.71. The first kappa shape index (κ1) is 15.0. The quantitative estimate of drug-likeness (QED) is 0.645. The summed E-state index contributed by atoms with van der Waals surface area (Å²) in [6.07, 6.45) is 8.43. The predicted molar refractivity (Wildman–Crippen MR) is 85.2 cm³/mol. The zero-order chi connectivity index (χ0) is 15.9. The molecular weight excluding hydrogens is 292 g/mol. The van der Waals surface area contributed by atoms with Crippen LogP contribution in [0.25, 0.3) is 0 Å². The smallest absolute Gasteiger partial charge is 0.363 e. The van der Waals surface area contributed by atoms with Crippen molar-refractivity contribution >= 4 is 5.97 Å². The van der Waals surface area contributed by atoms with Gasteiger partial charge in [0.25, 0.3) is 0 Å². The highest BCUT2D eigenvalue weighted by atomic mass is 16.7. The Labute approximate surface area is 136 Å². The van der Waals surface area contributed by atoms with Crippen LogP contribution in [0.5, 0.6) is 5.75 Å². The second-order valence-corrected chi connectivity index (χ2v) is 7.60. The number of hydrogen-bond acceptors (Lipinski definition) is 5. The Morgan fingerprint density at radius 2 is 1.65 bits per heavy atom. The van der Waals surface area contributed by atoms with E-state index in [1.807, 2.05) is 17.7 Å². The lowest BCUT2D eigenvalue weighted by atomic mass is 9.48. The zero-order valence-electron chi connectivity index (χ0n) is 13.3. The van der Waals surface area contributed by atoms with Crippen LogP contribution in [0.3, 0.4) is 0 Å². The lowest BCUT2D eigenvalue weighted by molar-refractivity contribution is -0.153. The van der Waals surface area contributed by atoms with Crippen LogP contribution < -0.4 is 16.2 Å². The lowest BCUT2D eigenvalue weighted by Crippen LogP contribution is -2.48. The molecule has 0 aromatic heterocycles. The Hall–Kier alpha value is -1.59. The van der Waals surface area contributed by atoms with E-state index < -0.39 is 5.97 Å². The van der Waals surface area contributed by atoms with Crippen molar-refractivity contribution in [2.75, 3.05) is 6.61 Å². The minimum absolute atomic E-state index is 0.152. The van der Waals surface area contributed by atoms with Crippen molar-refractivity contribution in [1.82, 2.24) is 5.59 Å². The topological polar surface area (TPSA) is 73.6 Å². The van der Waals surface area contributed by atoms with Gasteiger partial charge >= 0.3 is 5.97 Å². The average Bonchev–Trinajstić information content (AvgIpc) is 2.52. The van der Waals surface area contributed by atoms with Crippen LogP contribution in [0.4, 0.5) is 0 Å². The van der Waals surface area contributed by atoms with E-state index in [0.717, 1.165) is 17.8 Å². The van der Waals surface area contributed by atoms with Gasteiger partial charge in [-0.25, -0.2) is 10.6 Å². The molecule has 5 heteroatoms. The van der Waals surface area contributed by atoms with Gasteiger partial charge in [-0.15, -0.1) is 0 Å². The predicted octanol–water partition coefficient (Wildman–Crippen LogP) is 2.45. The normalized spacial score (nSPS) is 34.4. The molecule has 0 aliphatic heterocycles. The van der Waals surface area contributed by atoms with Crippen molar-refractivity contribution in [3.8, 4) is 5.75 Å². The number of ether oxygens (including phenoxy) is 1. The summed E-state index contributed by atoms with van der Waals surface area (Å²) < 4.78 is 5.42. The van der Waals surface area contributed by atoms with E-state index in [1.54, 1.807) is 0 Å². The van der Waals surface area contributed by atoms with Gasteiger partial charge in [0.15, 0.2) is 6.61 Å². The summed E-state index contributed by atoms with van der Waals surface area (Å²) in [6.45, 7) is -0.152. The largest absolute Gasteiger partial charge is 0.482 e. The van der Waals surface area contributed by atoms with Gasteiger partial charge in [-0.1, -0.05) is 17.7 Å². The molecule has 5 nitrogen and oxygen atoms in total. The average molecular weight is 316 g/mol. The molecule has 23 heavy (non-hydrogen) atoms. The van der Waals surface area contributed by atoms with Gasteiger partial charge in [0.2, 0.25) is 0 Å². The SMILES string of the molecule is NNOC(=O)COc1ccc(C23CC4CC(CC(C4)C2)C3)cc1. The first-order valence-electron chi connectivity index (χ1n) is 8.55. The fraction of sp³-hybridized carbons (Fsp3) is 0.611. The van der Waals surface area contributed by atoms with Crippen molar-refractivity contribution in [1.29, 1.82) is 0 Å². The third-order valence-corrected chi connectivity index (χ3v) is 6.03. The first-order chi connectivity index (χ1) is 11.2. The Kier molecular flexibility index (Phi) is 3.77. The molecule has 4 fully saturated rings. The molecule has 0 saturated heterocycles. The Bertz CT molecular complexity index is 549. The molecule has 1 aromatic carbocycles. The number of rotatable bonds is 5. The molecule has 0 unspecified atom stereocenters. The fourth-order valence-corrected chi connectivity index (χ4v) is 5.61. The van der Waals surface area contributed by atoms with E-state index in [1.165, 1.54) is 44.1 Å². The molecule has 0 radical (unpaired) electrons. The monoisotopic (exact) mass is 316 g/mol. The Balaban J connectivity index is 1.45. The molecule has 124 valence electrons. The minimum atomic E-state index is -0.544. The molecule has 5 rings (SSSR count). The van der Waals surface area contributed by atoms with Gasteiger partial charge in [0.1, 0.15) is 5.75 Å². The zero-order valence-corrected chi connectivity index (χ0v) is 13.3. The number of carbonyl (C=O) groups is 1. The Morgan fingerprint density at radius 3 is 2.17 bits per heavy atom. The van der Waals surface area contributed by atoms with Crippen molar-refractivity contribution in [3.05, 3.63) is 29.8 Å². The Morgan fingerprint density at radius 1 is 1.09 bits per heavy atom. The molecule has 0 spiro atoms. The van der Waals surface area contributed by atoms with Crippen LogP contribution in [-0.2, 0) is 15.0 Å². The van der Waals surface area contributed by atoms with Gasteiger partial charge < -0.3 is 9.57 Å². The molecule has 4 aliphatic rings. The van der Waals surface area contributed by atoms with Gasteiger partial charge in [-0.3, -0.25) is 0 Å². The van der Waals surface area contributed by atoms with Crippen LogP contribution in [0.15, 0.2) is 24.3 Å². The summed E-state index contributed by atoms with van der Waals surface area (Å²) in [5, 5.41) is 0. The highest BCUT2D eigenvalue weighted by Gasteiger charge is 2.51. The maximum Gasteiger partial charge on any atom is 0.363 e. The van der Waals surface area contributed by atoms with E-state index >= 15 is 0 Å². The van der Waals surface area contributed by atoms with Gasteiger partial charge in [0.05, 0.1) is 0 Å². The summed E-state index contributed by atoms with van der Waals surface area (Å²) in [4.78, 5) is 15.6.